The predicted molar refractivity (Wildman–Crippen MR) is 76.9 cm³/mol. The lowest BCUT2D eigenvalue weighted by molar-refractivity contribution is 0.102. The summed E-state index contributed by atoms with van der Waals surface area (Å²) in [4.78, 5) is 25.7. The number of amides is 1. The molecule has 20 heavy (non-hydrogen) atoms. The molecule has 0 radical (unpaired) electrons. The van der Waals surface area contributed by atoms with Crippen LogP contribution in [0.4, 0.5) is 5.69 Å². The van der Waals surface area contributed by atoms with Gasteiger partial charge in [0.1, 0.15) is 0 Å². The third-order valence-electron chi connectivity index (χ3n) is 3.44. The minimum atomic E-state index is -0.222. The third kappa shape index (κ3) is 2.48. The number of anilines is 1. The normalized spacial score (nSPS) is 13.6. The van der Waals surface area contributed by atoms with E-state index in [-0.39, 0.29) is 11.5 Å². The van der Waals surface area contributed by atoms with Gasteiger partial charge in [-0.05, 0) is 36.2 Å². The zero-order chi connectivity index (χ0) is 13.9. The Labute approximate surface area is 116 Å². The average Bonchev–Trinajstić information content (AvgIpc) is 2.48. The molecule has 1 amide bonds. The van der Waals surface area contributed by atoms with Gasteiger partial charge in [0, 0.05) is 24.5 Å². The number of pyridine rings is 1. The van der Waals surface area contributed by atoms with Crippen LogP contribution in [0.3, 0.4) is 0 Å². The summed E-state index contributed by atoms with van der Waals surface area (Å²) < 4.78 is 0. The number of hydrogen-bond donors (Lipinski definition) is 3. The number of H-pyrrole nitrogens is 1. The molecule has 0 aliphatic carbocycles. The Kier molecular flexibility index (Phi) is 3.35. The van der Waals surface area contributed by atoms with Crippen molar-refractivity contribution in [1.29, 1.82) is 0 Å². The van der Waals surface area contributed by atoms with Gasteiger partial charge in [0.15, 0.2) is 0 Å². The fourth-order valence-corrected chi connectivity index (χ4v) is 2.38. The number of carbonyl (C=O) groups is 1. The molecule has 0 fully saturated rings. The molecule has 1 aromatic heterocycles. The number of carbonyl (C=O) groups excluding carboxylic acids is 1. The highest BCUT2D eigenvalue weighted by Crippen LogP contribution is 2.23. The molecule has 2 aromatic rings. The Hall–Kier alpha value is -2.40. The number of aromatic amines is 1. The summed E-state index contributed by atoms with van der Waals surface area (Å²) in [5.41, 5.74) is 3.44. The van der Waals surface area contributed by atoms with Gasteiger partial charge < -0.3 is 15.6 Å². The Balaban J connectivity index is 1.86. The van der Waals surface area contributed by atoms with Crippen LogP contribution in [0.15, 0.2) is 41.3 Å². The van der Waals surface area contributed by atoms with Crippen LogP contribution in [0.2, 0.25) is 0 Å². The molecule has 0 spiro atoms. The van der Waals surface area contributed by atoms with Crippen LogP contribution in [0, 0.1) is 0 Å². The number of fused-ring (bicyclic) bond motifs is 1. The van der Waals surface area contributed by atoms with Crippen molar-refractivity contribution in [3.63, 3.8) is 0 Å². The fraction of sp³-hybridized carbons (Fsp3) is 0.200. The molecule has 0 saturated heterocycles. The van der Waals surface area contributed by atoms with Crippen molar-refractivity contribution in [1.82, 2.24) is 10.3 Å². The van der Waals surface area contributed by atoms with E-state index < -0.39 is 0 Å². The number of benzene rings is 1. The van der Waals surface area contributed by atoms with Gasteiger partial charge in [0.05, 0.1) is 5.56 Å². The lowest BCUT2D eigenvalue weighted by Crippen LogP contribution is -2.25. The van der Waals surface area contributed by atoms with Crippen LogP contribution in [0.5, 0.6) is 0 Å². The smallest absolute Gasteiger partial charge is 0.257 e. The molecule has 1 aliphatic rings. The number of nitrogens with one attached hydrogen (secondary N) is 3. The second-order valence-electron chi connectivity index (χ2n) is 4.77. The van der Waals surface area contributed by atoms with Crippen LogP contribution in [0.25, 0.3) is 0 Å². The summed E-state index contributed by atoms with van der Waals surface area (Å²) in [7, 11) is 0. The second-order valence-corrected chi connectivity index (χ2v) is 4.77. The molecule has 102 valence electrons. The van der Waals surface area contributed by atoms with Gasteiger partial charge in [0.2, 0.25) is 5.56 Å². The first-order chi connectivity index (χ1) is 9.74. The zero-order valence-corrected chi connectivity index (χ0v) is 10.9. The lowest BCUT2D eigenvalue weighted by atomic mass is 9.99. The quantitative estimate of drug-likeness (QED) is 0.768. The predicted octanol–water partition coefficient (Wildman–Crippen LogP) is 1.27. The minimum absolute atomic E-state index is 0.220. The van der Waals surface area contributed by atoms with Crippen molar-refractivity contribution in [2.24, 2.45) is 0 Å². The highest BCUT2D eigenvalue weighted by atomic mass is 16.1. The molecular weight excluding hydrogens is 254 g/mol. The van der Waals surface area contributed by atoms with Crippen LogP contribution >= 0.6 is 0 Å². The van der Waals surface area contributed by atoms with Crippen molar-refractivity contribution in [3.8, 4) is 0 Å². The van der Waals surface area contributed by atoms with E-state index in [2.05, 4.69) is 21.7 Å². The van der Waals surface area contributed by atoms with E-state index in [0.717, 1.165) is 30.8 Å². The van der Waals surface area contributed by atoms with Gasteiger partial charge in [-0.15, -0.1) is 0 Å². The van der Waals surface area contributed by atoms with E-state index in [1.54, 1.807) is 0 Å². The molecule has 0 saturated carbocycles. The standard InChI is InChI=1S/C15H15N3O2/c19-14-5-4-11(8-17-14)15(20)18-13-3-1-2-10-6-7-16-9-12(10)13/h1-5,8,16H,6-7,9H2,(H,17,19)(H,18,20). The van der Waals surface area contributed by atoms with E-state index >= 15 is 0 Å². The third-order valence-corrected chi connectivity index (χ3v) is 3.44. The van der Waals surface area contributed by atoms with Crippen LogP contribution < -0.4 is 16.2 Å². The topological polar surface area (TPSA) is 74.0 Å². The van der Waals surface area contributed by atoms with Crippen molar-refractivity contribution in [3.05, 3.63) is 63.6 Å². The monoisotopic (exact) mass is 269 g/mol. The maximum Gasteiger partial charge on any atom is 0.257 e. The summed E-state index contributed by atoms with van der Waals surface area (Å²) in [5, 5.41) is 6.21. The highest BCUT2D eigenvalue weighted by molar-refractivity contribution is 6.04. The summed E-state index contributed by atoms with van der Waals surface area (Å²) in [6.45, 7) is 1.72. The molecule has 3 N–H and O–H groups in total. The van der Waals surface area contributed by atoms with Gasteiger partial charge in [-0.3, -0.25) is 9.59 Å². The highest BCUT2D eigenvalue weighted by Gasteiger charge is 2.14. The number of hydrogen-bond acceptors (Lipinski definition) is 3. The summed E-state index contributed by atoms with van der Waals surface area (Å²) in [6.07, 6.45) is 2.39. The van der Waals surface area contributed by atoms with Gasteiger partial charge >= 0.3 is 0 Å². The van der Waals surface area contributed by atoms with Crippen molar-refractivity contribution in [2.75, 3.05) is 11.9 Å². The Morgan fingerprint density at radius 1 is 1.20 bits per heavy atom. The molecule has 5 heteroatoms. The first kappa shape index (κ1) is 12.6. The van der Waals surface area contributed by atoms with Crippen LogP contribution in [0.1, 0.15) is 21.5 Å². The molecule has 1 aliphatic heterocycles. The van der Waals surface area contributed by atoms with E-state index in [1.165, 1.54) is 23.9 Å². The van der Waals surface area contributed by atoms with Crippen LogP contribution in [-0.2, 0) is 13.0 Å². The van der Waals surface area contributed by atoms with Crippen molar-refractivity contribution >= 4 is 11.6 Å². The SMILES string of the molecule is O=C(Nc1cccc2c1CNCC2)c1ccc(=O)[nH]c1. The lowest BCUT2D eigenvalue weighted by Gasteiger charge is -2.20. The summed E-state index contributed by atoms with van der Waals surface area (Å²) >= 11 is 0. The zero-order valence-electron chi connectivity index (χ0n) is 10.9. The minimum Gasteiger partial charge on any atom is -0.328 e. The fourth-order valence-electron chi connectivity index (χ4n) is 2.38. The maximum atomic E-state index is 12.2. The van der Waals surface area contributed by atoms with Crippen LogP contribution in [-0.4, -0.2) is 17.4 Å². The largest absolute Gasteiger partial charge is 0.328 e. The molecule has 0 atom stereocenters. The molecule has 1 aromatic carbocycles. The van der Waals surface area contributed by atoms with E-state index in [0.29, 0.717) is 5.56 Å². The van der Waals surface area contributed by atoms with Gasteiger partial charge in [-0.25, -0.2) is 0 Å². The molecule has 3 rings (SSSR count). The van der Waals surface area contributed by atoms with Gasteiger partial charge in [-0.2, -0.15) is 0 Å². The molecule has 0 bridgehead atoms. The van der Waals surface area contributed by atoms with E-state index in [1.807, 2.05) is 12.1 Å². The first-order valence-electron chi connectivity index (χ1n) is 6.55. The Bertz CT molecular complexity index is 686. The van der Waals surface area contributed by atoms with E-state index in [9.17, 15) is 9.59 Å². The van der Waals surface area contributed by atoms with Gasteiger partial charge in [0.25, 0.3) is 5.91 Å². The number of aromatic nitrogens is 1. The summed E-state index contributed by atoms with van der Waals surface area (Å²) in [6, 6.07) is 8.80. The molecule has 5 nitrogen and oxygen atoms in total. The van der Waals surface area contributed by atoms with Crippen molar-refractivity contribution < 1.29 is 4.79 Å². The first-order valence-corrected chi connectivity index (χ1v) is 6.55. The Morgan fingerprint density at radius 3 is 2.90 bits per heavy atom. The number of rotatable bonds is 2. The van der Waals surface area contributed by atoms with E-state index in [4.69, 9.17) is 0 Å². The Morgan fingerprint density at radius 2 is 2.10 bits per heavy atom. The molecular formula is C15H15N3O2. The molecule has 2 heterocycles. The van der Waals surface area contributed by atoms with Crippen molar-refractivity contribution in [2.45, 2.75) is 13.0 Å². The average molecular weight is 269 g/mol. The second kappa shape index (κ2) is 5.30. The maximum absolute atomic E-state index is 12.2. The van der Waals surface area contributed by atoms with Gasteiger partial charge in [-0.1, -0.05) is 12.1 Å². The molecule has 0 unspecified atom stereocenters. The summed E-state index contributed by atoms with van der Waals surface area (Å²) in [5.74, 6) is -0.222.